The summed E-state index contributed by atoms with van der Waals surface area (Å²) in [5, 5.41) is 4.10. The first-order valence-electron chi connectivity index (χ1n) is 5.35. The zero-order valence-electron chi connectivity index (χ0n) is 10.2. The molecule has 0 spiro atoms. The molecule has 86 valence electrons. The zero-order valence-corrected chi connectivity index (χ0v) is 11.0. The second-order valence-corrected chi connectivity index (χ2v) is 4.69. The highest BCUT2D eigenvalue weighted by atomic mass is 32.1. The molecule has 1 atom stereocenters. The summed E-state index contributed by atoms with van der Waals surface area (Å²) in [7, 11) is 0. The molecule has 1 amide bonds. The molecule has 0 saturated carbocycles. The number of amides is 1. The molecular formula is C13H17NOS. The fourth-order valence-electron chi connectivity index (χ4n) is 1.70. The third kappa shape index (κ3) is 2.86. The van der Waals surface area contributed by atoms with Crippen LogP contribution in [0, 0.1) is 11.8 Å². The Morgan fingerprint density at radius 3 is 2.56 bits per heavy atom. The number of hydrogen-bond acceptors (Lipinski definition) is 2. The standard InChI is InChI=1S/C13H17NOS/c1-5-6-13(15)14(10(2)3)11(4)12-7-8-16-9-12/h7-11H,1-4H3. The maximum atomic E-state index is 11.9. The van der Waals surface area contributed by atoms with Crippen LogP contribution in [0.5, 0.6) is 0 Å². The summed E-state index contributed by atoms with van der Waals surface area (Å²) in [6.07, 6.45) is 0. The second-order valence-electron chi connectivity index (χ2n) is 3.91. The smallest absolute Gasteiger partial charge is 0.299 e. The molecule has 16 heavy (non-hydrogen) atoms. The lowest BCUT2D eigenvalue weighted by molar-refractivity contribution is -0.129. The van der Waals surface area contributed by atoms with Gasteiger partial charge < -0.3 is 4.90 Å². The number of rotatable bonds is 3. The van der Waals surface area contributed by atoms with E-state index in [1.807, 2.05) is 31.1 Å². The number of thiophene rings is 1. The van der Waals surface area contributed by atoms with Crippen molar-refractivity contribution in [2.24, 2.45) is 0 Å². The fourth-order valence-corrected chi connectivity index (χ4v) is 2.45. The van der Waals surface area contributed by atoms with Crippen LogP contribution in [0.25, 0.3) is 0 Å². The third-order valence-corrected chi connectivity index (χ3v) is 3.17. The van der Waals surface area contributed by atoms with E-state index in [-0.39, 0.29) is 18.0 Å². The molecule has 0 aromatic carbocycles. The van der Waals surface area contributed by atoms with Crippen molar-refractivity contribution in [1.82, 2.24) is 4.90 Å². The van der Waals surface area contributed by atoms with E-state index in [1.54, 1.807) is 18.3 Å². The summed E-state index contributed by atoms with van der Waals surface area (Å²) < 4.78 is 0. The minimum Gasteiger partial charge on any atom is -0.323 e. The Kier molecular flexibility index (Phi) is 4.57. The van der Waals surface area contributed by atoms with E-state index in [1.165, 1.54) is 5.56 Å². The van der Waals surface area contributed by atoms with Gasteiger partial charge in [-0.05, 0) is 56.0 Å². The molecule has 0 N–H and O–H groups in total. The number of nitrogens with zero attached hydrogens (tertiary/aromatic N) is 1. The molecule has 2 nitrogen and oxygen atoms in total. The molecule has 0 aliphatic heterocycles. The largest absolute Gasteiger partial charge is 0.323 e. The van der Waals surface area contributed by atoms with Crippen molar-refractivity contribution < 1.29 is 4.79 Å². The van der Waals surface area contributed by atoms with Crippen LogP contribution in [-0.2, 0) is 4.79 Å². The van der Waals surface area contributed by atoms with Gasteiger partial charge in [-0.1, -0.05) is 5.92 Å². The average molecular weight is 235 g/mol. The van der Waals surface area contributed by atoms with Gasteiger partial charge in [-0.25, -0.2) is 0 Å². The molecule has 3 heteroatoms. The fraction of sp³-hybridized carbons (Fsp3) is 0.462. The predicted octanol–water partition coefficient (Wildman–Crippen LogP) is 3.07. The summed E-state index contributed by atoms with van der Waals surface area (Å²) in [5.41, 5.74) is 1.17. The Bertz CT molecular complexity index is 397. The lowest BCUT2D eigenvalue weighted by Crippen LogP contribution is -2.38. The molecule has 1 aromatic heterocycles. The van der Waals surface area contributed by atoms with Crippen LogP contribution in [0.2, 0.25) is 0 Å². The quantitative estimate of drug-likeness (QED) is 0.737. The van der Waals surface area contributed by atoms with E-state index in [0.29, 0.717) is 0 Å². The van der Waals surface area contributed by atoms with Crippen LogP contribution in [0.3, 0.4) is 0 Å². The lowest BCUT2D eigenvalue weighted by Gasteiger charge is -2.30. The molecule has 1 rings (SSSR count). The van der Waals surface area contributed by atoms with Crippen molar-refractivity contribution in [2.75, 3.05) is 0 Å². The third-order valence-electron chi connectivity index (χ3n) is 2.47. The molecule has 1 unspecified atom stereocenters. The molecule has 0 fully saturated rings. The molecule has 1 heterocycles. The van der Waals surface area contributed by atoms with Crippen LogP contribution >= 0.6 is 11.3 Å². The summed E-state index contributed by atoms with van der Waals surface area (Å²) in [5.74, 6) is 5.17. The van der Waals surface area contributed by atoms with E-state index in [0.717, 1.165) is 0 Å². The first-order valence-corrected chi connectivity index (χ1v) is 6.29. The minimum atomic E-state index is -0.101. The summed E-state index contributed by atoms with van der Waals surface area (Å²) in [6.45, 7) is 7.75. The zero-order chi connectivity index (χ0) is 12.1. The normalized spacial score (nSPS) is 11.8. The van der Waals surface area contributed by atoms with Crippen molar-refractivity contribution in [1.29, 1.82) is 0 Å². The molecule has 1 aromatic rings. The number of carbonyl (C=O) groups is 1. The van der Waals surface area contributed by atoms with Crippen LogP contribution < -0.4 is 0 Å². The van der Waals surface area contributed by atoms with E-state index in [4.69, 9.17) is 0 Å². The molecule has 0 aliphatic carbocycles. The molecular weight excluding hydrogens is 218 g/mol. The van der Waals surface area contributed by atoms with Gasteiger partial charge >= 0.3 is 0 Å². The minimum absolute atomic E-state index is 0.0830. The van der Waals surface area contributed by atoms with Gasteiger partial charge in [0.25, 0.3) is 5.91 Å². The van der Waals surface area contributed by atoms with Crippen molar-refractivity contribution >= 4 is 17.2 Å². The first kappa shape index (κ1) is 12.8. The van der Waals surface area contributed by atoms with E-state index in [2.05, 4.69) is 23.3 Å². The van der Waals surface area contributed by atoms with Crippen molar-refractivity contribution in [3.8, 4) is 11.8 Å². The topological polar surface area (TPSA) is 20.3 Å². The summed E-state index contributed by atoms with van der Waals surface area (Å²) >= 11 is 1.65. The van der Waals surface area contributed by atoms with Crippen LogP contribution in [0.4, 0.5) is 0 Å². The van der Waals surface area contributed by atoms with Gasteiger partial charge in [0, 0.05) is 6.04 Å². The SMILES string of the molecule is CC#CC(=O)N(C(C)C)C(C)c1ccsc1. The van der Waals surface area contributed by atoms with Gasteiger partial charge in [0.15, 0.2) is 0 Å². The Balaban J connectivity index is 2.93. The van der Waals surface area contributed by atoms with Crippen LogP contribution in [-0.4, -0.2) is 16.8 Å². The van der Waals surface area contributed by atoms with Gasteiger partial charge in [-0.3, -0.25) is 4.79 Å². The first-order chi connectivity index (χ1) is 7.57. The number of carbonyl (C=O) groups excluding carboxylic acids is 1. The van der Waals surface area contributed by atoms with Crippen LogP contribution in [0.1, 0.15) is 39.3 Å². The van der Waals surface area contributed by atoms with Gasteiger partial charge in [-0.2, -0.15) is 11.3 Å². The molecule has 0 saturated heterocycles. The van der Waals surface area contributed by atoms with Crippen LogP contribution in [0.15, 0.2) is 16.8 Å². The highest BCUT2D eigenvalue weighted by Gasteiger charge is 2.22. The monoisotopic (exact) mass is 235 g/mol. The maximum absolute atomic E-state index is 11.9. The van der Waals surface area contributed by atoms with Crippen molar-refractivity contribution in [3.63, 3.8) is 0 Å². The Labute approximate surface area is 101 Å². The van der Waals surface area contributed by atoms with E-state index >= 15 is 0 Å². The van der Waals surface area contributed by atoms with Gasteiger partial charge in [0.2, 0.25) is 0 Å². The van der Waals surface area contributed by atoms with Gasteiger partial charge in [-0.15, -0.1) is 0 Å². The highest BCUT2D eigenvalue weighted by Crippen LogP contribution is 2.24. The van der Waals surface area contributed by atoms with Crippen molar-refractivity contribution in [2.45, 2.75) is 39.8 Å². The summed E-state index contributed by atoms with van der Waals surface area (Å²) in [4.78, 5) is 13.7. The van der Waals surface area contributed by atoms with Crippen molar-refractivity contribution in [3.05, 3.63) is 22.4 Å². The Morgan fingerprint density at radius 2 is 2.12 bits per heavy atom. The Hall–Kier alpha value is -1.27. The predicted molar refractivity (Wildman–Crippen MR) is 68.2 cm³/mol. The number of hydrogen-bond donors (Lipinski definition) is 0. The Morgan fingerprint density at radius 1 is 1.44 bits per heavy atom. The molecule has 0 radical (unpaired) electrons. The van der Waals surface area contributed by atoms with Gasteiger partial charge in [0.05, 0.1) is 6.04 Å². The molecule has 0 aliphatic rings. The van der Waals surface area contributed by atoms with Gasteiger partial charge in [0.1, 0.15) is 0 Å². The van der Waals surface area contributed by atoms with E-state index in [9.17, 15) is 4.79 Å². The lowest BCUT2D eigenvalue weighted by atomic mass is 10.1. The maximum Gasteiger partial charge on any atom is 0.299 e. The average Bonchev–Trinajstić information content (AvgIpc) is 2.70. The summed E-state index contributed by atoms with van der Waals surface area (Å²) in [6, 6.07) is 2.29. The molecule has 0 bridgehead atoms. The van der Waals surface area contributed by atoms with E-state index < -0.39 is 0 Å². The highest BCUT2D eigenvalue weighted by molar-refractivity contribution is 7.07. The second kappa shape index (κ2) is 5.72.